The summed E-state index contributed by atoms with van der Waals surface area (Å²) in [6.45, 7) is 0.616. The van der Waals surface area contributed by atoms with E-state index in [1.807, 2.05) is 23.6 Å². The van der Waals surface area contributed by atoms with Crippen LogP contribution in [0.2, 0.25) is 0 Å². The van der Waals surface area contributed by atoms with Crippen LogP contribution in [0, 0.1) is 0 Å². The number of rotatable bonds is 9. The number of amides is 2. The van der Waals surface area contributed by atoms with Gasteiger partial charge in [-0.2, -0.15) is 0 Å². The predicted molar refractivity (Wildman–Crippen MR) is 123 cm³/mol. The molecule has 10 heteroatoms. The number of ether oxygens (including phenoxy) is 3. The van der Waals surface area contributed by atoms with E-state index in [0.29, 0.717) is 29.4 Å². The van der Waals surface area contributed by atoms with Crippen molar-refractivity contribution in [3.8, 4) is 17.2 Å². The van der Waals surface area contributed by atoms with Gasteiger partial charge in [0, 0.05) is 17.6 Å². The minimum Gasteiger partial charge on any atom is -0.497 e. The van der Waals surface area contributed by atoms with E-state index in [1.54, 1.807) is 31.4 Å². The molecule has 1 aliphatic rings. The molecular weight excluding hydrogens is 450 g/mol. The maximum absolute atomic E-state index is 12.3. The summed E-state index contributed by atoms with van der Waals surface area (Å²) in [7, 11) is 1.59. The molecule has 4 rings (SSSR count). The number of carbonyl (C=O) groups is 2. The fraction of sp³-hybridized carbons (Fsp3) is 0.227. The van der Waals surface area contributed by atoms with Crippen LogP contribution < -0.4 is 24.8 Å². The Bertz CT molecular complexity index is 1100. The summed E-state index contributed by atoms with van der Waals surface area (Å²) < 4.78 is 16.5. The van der Waals surface area contributed by atoms with Crippen LogP contribution in [0.5, 0.6) is 17.2 Å². The molecule has 0 aliphatic carbocycles. The highest BCUT2D eigenvalue weighted by molar-refractivity contribution is 8.01. The van der Waals surface area contributed by atoms with E-state index in [4.69, 9.17) is 14.2 Å². The third-order valence-corrected chi connectivity index (χ3v) is 6.57. The molecule has 2 heterocycles. The Labute approximate surface area is 193 Å². The normalized spacial score (nSPS) is 11.8. The molecule has 166 valence electrons. The molecule has 0 fully saturated rings. The van der Waals surface area contributed by atoms with Gasteiger partial charge in [-0.3, -0.25) is 9.59 Å². The quantitative estimate of drug-likeness (QED) is 0.461. The lowest BCUT2D eigenvalue weighted by atomic mass is 10.2. The molecule has 0 bridgehead atoms. The zero-order valence-electron chi connectivity index (χ0n) is 17.3. The fourth-order valence-electron chi connectivity index (χ4n) is 2.91. The smallest absolute Gasteiger partial charge is 0.234 e. The molecule has 1 aliphatic heterocycles. The summed E-state index contributed by atoms with van der Waals surface area (Å²) in [5.41, 5.74) is 2.31. The van der Waals surface area contributed by atoms with Crippen LogP contribution in [0.4, 0.5) is 5.69 Å². The van der Waals surface area contributed by atoms with Gasteiger partial charge in [0.25, 0.3) is 0 Å². The van der Waals surface area contributed by atoms with Gasteiger partial charge in [0.05, 0.1) is 25.0 Å². The van der Waals surface area contributed by atoms with Gasteiger partial charge in [-0.15, -0.1) is 11.3 Å². The number of carbonyl (C=O) groups excluding carboxylic acids is 2. The summed E-state index contributed by atoms with van der Waals surface area (Å²) in [5.74, 6) is 2.11. The summed E-state index contributed by atoms with van der Waals surface area (Å²) in [6, 6.07) is 12.7. The third kappa shape index (κ3) is 5.92. The molecular formula is C22H21N3O5S2. The monoisotopic (exact) mass is 471 g/mol. The lowest BCUT2D eigenvalue weighted by molar-refractivity contribution is -0.120. The molecule has 0 spiro atoms. The molecule has 0 unspecified atom stereocenters. The highest BCUT2D eigenvalue weighted by atomic mass is 32.2. The number of methoxy groups -OCH3 is 1. The van der Waals surface area contributed by atoms with Gasteiger partial charge in [0.15, 0.2) is 15.8 Å². The number of thioether (sulfide) groups is 1. The molecule has 2 amide bonds. The second kappa shape index (κ2) is 10.4. The maximum atomic E-state index is 12.3. The first kappa shape index (κ1) is 22.0. The Kier molecular flexibility index (Phi) is 7.13. The van der Waals surface area contributed by atoms with E-state index in [-0.39, 0.29) is 30.8 Å². The van der Waals surface area contributed by atoms with Crippen LogP contribution in [-0.4, -0.2) is 36.5 Å². The van der Waals surface area contributed by atoms with Crippen LogP contribution in [0.15, 0.2) is 52.2 Å². The van der Waals surface area contributed by atoms with E-state index in [9.17, 15) is 9.59 Å². The van der Waals surface area contributed by atoms with Gasteiger partial charge in [-0.25, -0.2) is 4.98 Å². The number of nitrogens with one attached hydrogen (secondary N) is 2. The van der Waals surface area contributed by atoms with E-state index >= 15 is 0 Å². The second-order valence-electron chi connectivity index (χ2n) is 6.81. The molecule has 1 aromatic heterocycles. The molecule has 3 aromatic rings. The van der Waals surface area contributed by atoms with Crippen molar-refractivity contribution in [3.05, 3.63) is 59.1 Å². The van der Waals surface area contributed by atoms with E-state index < -0.39 is 0 Å². The number of benzene rings is 2. The fourth-order valence-corrected chi connectivity index (χ4v) is 4.56. The van der Waals surface area contributed by atoms with Crippen molar-refractivity contribution in [2.45, 2.75) is 17.3 Å². The van der Waals surface area contributed by atoms with Gasteiger partial charge in [0.1, 0.15) is 5.75 Å². The number of fused-ring (bicyclic) bond motifs is 1. The number of hydrogen-bond acceptors (Lipinski definition) is 8. The number of anilines is 1. The van der Waals surface area contributed by atoms with Gasteiger partial charge in [0.2, 0.25) is 18.6 Å². The highest BCUT2D eigenvalue weighted by Gasteiger charge is 2.14. The van der Waals surface area contributed by atoms with E-state index in [1.165, 1.54) is 23.1 Å². The van der Waals surface area contributed by atoms with Crippen molar-refractivity contribution in [1.29, 1.82) is 0 Å². The number of nitrogens with zero attached hydrogens (tertiary/aromatic N) is 1. The summed E-state index contributed by atoms with van der Waals surface area (Å²) in [5, 5.41) is 7.55. The minimum atomic E-state index is -0.126. The average molecular weight is 472 g/mol. The van der Waals surface area contributed by atoms with Gasteiger partial charge in [-0.05, 0) is 42.0 Å². The van der Waals surface area contributed by atoms with Gasteiger partial charge < -0.3 is 24.8 Å². The van der Waals surface area contributed by atoms with Crippen molar-refractivity contribution in [2.24, 2.45) is 0 Å². The lowest BCUT2D eigenvalue weighted by Crippen LogP contribution is -2.24. The van der Waals surface area contributed by atoms with Crippen LogP contribution >= 0.6 is 23.1 Å². The molecule has 0 saturated heterocycles. The Hall–Kier alpha value is -3.24. The Morgan fingerprint density at radius 1 is 1.12 bits per heavy atom. The van der Waals surface area contributed by atoms with Gasteiger partial charge in [-0.1, -0.05) is 17.8 Å². The maximum Gasteiger partial charge on any atom is 0.234 e. The van der Waals surface area contributed by atoms with E-state index in [0.717, 1.165) is 15.7 Å². The molecule has 0 radical (unpaired) electrons. The first-order valence-corrected chi connectivity index (χ1v) is 11.6. The van der Waals surface area contributed by atoms with Crippen molar-refractivity contribution in [2.75, 3.05) is 25.0 Å². The molecule has 0 atom stereocenters. The lowest BCUT2D eigenvalue weighted by Gasteiger charge is -2.06. The van der Waals surface area contributed by atoms with Crippen molar-refractivity contribution in [1.82, 2.24) is 10.3 Å². The molecule has 0 saturated carbocycles. The second-order valence-corrected chi connectivity index (χ2v) is 8.89. The van der Waals surface area contributed by atoms with Gasteiger partial charge >= 0.3 is 0 Å². The first-order chi connectivity index (χ1) is 15.6. The number of thiazole rings is 1. The van der Waals surface area contributed by atoms with Crippen LogP contribution in [0.1, 0.15) is 11.3 Å². The standard InChI is InChI=1S/C22H21N3O5S2/c1-28-17-5-3-15(4-6-17)24-21(27)12-32-22-25-16(11-31-22)9-20(26)23-10-14-2-7-18-19(8-14)30-13-29-18/h2-8,11H,9-10,12-13H2,1H3,(H,23,26)(H,24,27). The van der Waals surface area contributed by atoms with Crippen LogP contribution in [0.25, 0.3) is 0 Å². The zero-order chi connectivity index (χ0) is 22.3. The average Bonchev–Trinajstić information content (AvgIpc) is 3.45. The van der Waals surface area contributed by atoms with Crippen LogP contribution in [-0.2, 0) is 22.6 Å². The summed E-state index contributed by atoms with van der Waals surface area (Å²) in [6.07, 6.45) is 0.180. The van der Waals surface area contributed by atoms with E-state index in [2.05, 4.69) is 15.6 Å². The zero-order valence-corrected chi connectivity index (χ0v) is 18.9. The molecule has 2 aromatic carbocycles. The summed E-state index contributed by atoms with van der Waals surface area (Å²) >= 11 is 2.76. The molecule has 32 heavy (non-hydrogen) atoms. The Morgan fingerprint density at radius 3 is 2.75 bits per heavy atom. The van der Waals surface area contributed by atoms with Crippen molar-refractivity contribution in [3.63, 3.8) is 0 Å². The van der Waals surface area contributed by atoms with Crippen molar-refractivity contribution >= 4 is 40.6 Å². The minimum absolute atomic E-state index is 0.123. The molecule has 8 nitrogen and oxygen atoms in total. The largest absolute Gasteiger partial charge is 0.497 e. The third-order valence-electron chi connectivity index (χ3n) is 4.50. The topological polar surface area (TPSA) is 98.8 Å². The Balaban J connectivity index is 1.20. The number of aromatic nitrogens is 1. The van der Waals surface area contributed by atoms with Crippen molar-refractivity contribution < 1.29 is 23.8 Å². The summed E-state index contributed by atoms with van der Waals surface area (Å²) in [4.78, 5) is 28.9. The first-order valence-electron chi connectivity index (χ1n) is 9.75. The SMILES string of the molecule is COc1ccc(NC(=O)CSc2nc(CC(=O)NCc3ccc4c(c3)OCO4)cs2)cc1. The predicted octanol–water partition coefficient (Wildman–Crippen LogP) is 3.47. The number of hydrogen-bond donors (Lipinski definition) is 2. The highest BCUT2D eigenvalue weighted by Crippen LogP contribution is 2.32. The van der Waals surface area contributed by atoms with Crippen LogP contribution in [0.3, 0.4) is 0 Å². The molecule has 2 N–H and O–H groups in total. The Morgan fingerprint density at radius 2 is 1.94 bits per heavy atom.